The van der Waals surface area contributed by atoms with E-state index in [2.05, 4.69) is 0 Å². The van der Waals surface area contributed by atoms with E-state index in [-0.39, 0.29) is 21.0 Å². The monoisotopic (exact) mass is 474 g/mol. The molecule has 3 aromatic rings. The summed E-state index contributed by atoms with van der Waals surface area (Å²) in [6, 6.07) is 17.1. The van der Waals surface area contributed by atoms with Crippen molar-refractivity contribution in [3.63, 3.8) is 0 Å². The molecule has 3 rings (SSSR count). The first-order valence-corrected chi connectivity index (χ1v) is 11.8. The van der Waals surface area contributed by atoms with Crippen LogP contribution in [-0.4, -0.2) is 25.2 Å². The predicted octanol–water partition coefficient (Wildman–Crippen LogP) is 5.91. The topological polar surface area (TPSA) is 68.3 Å². The molecule has 0 saturated carbocycles. The lowest BCUT2D eigenvalue weighted by atomic mass is 10.0. The number of carbonyl (C=O) groups excluding carboxylic acids is 2. The molecule has 0 fully saturated rings. The Morgan fingerprint density at radius 2 is 1.39 bits per heavy atom. The Hall–Kier alpha value is -2.47. The van der Waals surface area contributed by atoms with Crippen molar-refractivity contribution in [3.8, 4) is 0 Å². The summed E-state index contributed by atoms with van der Waals surface area (Å²) in [6.07, 6.45) is -0.537. The van der Waals surface area contributed by atoms with Gasteiger partial charge in [0.1, 0.15) is 5.25 Å². The molecule has 31 heavy (non-hydrogen) atoms. The van der Waals surface area contributed by atoms with Gasteiger partial charge in [0.2, 0.25) is 0 Å². The molecule has 1 atom stereocenters. The zero-order valence-corrected chi connectivity index (χ0v) is 19.3. The molecule has 0 unspecified atom stereocenters. The molecule has 160 valence electrons. The zero-order chi connectivity index (χ0) is 22.8. The van der Waals surface area contributed by atoms with Gasteiger partial charge in [0.15, 0.2) is 21.4 Å². The second-order valence-corrected chi connectivity index (χ2v) is 10.3. The Morgan fingerprint density at radius 1 is 0.839 bits per heavy atom. The van der Waals surface area contributed by atoms with Gasteiger partial charge >= 0.3 is 0 Å². The second-order valence-electron chi connectivity index (χ2n) is 7.33. The highest BCUT2D eigenvalue weighted by molar-refractivity contribution is 7.92. The Kier molecular flexibility index (Phi) is 6.99. The lowest BCUT2D eigenvalue weighted by Gasteiger charge is -2.17. The Labute approximate surface area is 191 Å². The molecule has 7 heteroatoms. The highest BCUT2D eigenvalue weighted by Gasteiger charge is 2.37. The van der Waals surface area contributed by atoms with Gasteiger partial charge in [0, 0.05) is 22.6 Å². The molecule has 4 nitrogen and oxygen atoms in total. The van der Waals surface area contributed by atoms with E-state index >= 15 is 0 Å². The van der Waals surface area contributed by atoms with Crippen LogP contribution in [0.5, 0.6) is 0 Å². The smallest absolute Gasteiger partial charge is 0.189 e. The molecule has 0 aromatic heterocycles. The fraction of sp³-hybridized carbons (Fsp3) is 0.167. The maximum atomic E-state index is 13.4. The first-order valence-electron chi connectivity index (χ1n) is 9.49. The first-order chi connectivity index (χ1) is 14.6. The van der Waals surface area contributed by atoms with E-state index in [9.17, 15) is 18.0 Å². The van der Waals surface area contributed by atoms with Crippen LogP contribution in [0.15, 0.2) is 71.6 Å². The molecule has 0 aliphatic rings. The molecule has 0 aliphatic carbocycles. The number of sulfone groups is 1. The van der Waals surface area contributed by atoms with Crippen LogP contribution in [0.2, 0.25) is 10.0 Å². The molecular weight excluding hydrogens is 455 g/mol. The lowest BCUT2D eigenvalue weighted by molar-refractivity contribution is 0.0920. The van der Waals surface area contributed by atoms with Gasteiger partial charge in [0.25, 0.3) is 0 Å². The number of hydrogen-bond acceptors (Lipinski definition) is 4. The maximum absolute atomic E-state index is 13.4. The van der Waals surface area contributed by atoms with Gasteiger partial charge in [-0.2, -0.15) is 0 Å². The molecule has 0 bridgehead atoms. The summed E-state index contributed by atoms with van der Waals surface area (Å²) in [4.78, 5) is 26.2. The van der Waals surface area contributed by atoms with E-state index in [1.807, 2.05) is 13.8 Å². The molecule has 0 saturated heterocycles. The van der Waals surface area contributed by atoms with Crippen LogP contribution in [-0.2, 0) is 9.84 Å². The average molecular weight is 475 g/mol. The summed E-state index contributed by atoms with van der Waals surface area (Å²) < 4.78 is 26.8. The molecule has 3 aromatic carbocycles. The quantitative estimate of drug-likeness (QED) is 0.399. The molecular formula is C24H20Cl2O4S. The molecule has 0 heterocycles. The third-order valence-electron chi connectivity index (χ3n) is 4.95. The highest BCUT2D eigenvalue weighted by atomic mass is 35.5. The molecule has 0 amide bonds. The summed E-state index contributed by atoms with van der Waals surface area (Å²) in [5.41, 5.74) is 2.15. The number of Topliss-reactive ketones (excluding diaryl/α,β-unsaturated/α-hetero) is 2. The normalized spacial score (nSPS) is 12.4. The van der Waals surface area contributed by atoms with Crippen molar-refractivity contribution in [2.75, 3.05) is 0 Å². The number of hydrogen-bond donors (Lipinski definition) is 0. The average Bonchev–Trinajstić information content (AvgIpc) is 2.72. The molecule has 0 N–H and O–H groups in total. The minimum atomic E-state index is -4.14. The summed E-state index contributed by atoms with van der Waals surface area (Å²) in [6.45, 7) is 3.69. The second kappa shape index (κ2) is 9.35. The molecule has 0 aliphatic heterocycles. The Morgan fingerprint density at radius 3 is 1.94 bits per heavy atom. The lowest BCUT2D eigenvalue weighted by Crippen LogP contribution is -2.33. The van der Waals surface area contributed by atoms with Gasteiger partial charge in [-0.3, -0.25) is 9.59 Å². The number of ketones is 2. The SMILES string of the molecule is Cc1ccc(C(=O)[C@@H](CC(=O)c2ccc(Cl)cc2Cl)S(=O)(=O)c2ccc(C)cc2)cc1. The minimum Gasteiger partial charge on any atom is -0.294 e. The number of benzene rings is 3. The maximum Gasteiger partial charge on any atom is 0.189 e. The van der Waals surface area contributed by atoms with Crippen LogP contribution in [0.25, 0.3) is 0 Å². The van der Waals surface area contributed by atoms with Crippen molar-refractivity contribution in [2.45, 2.75) is 30.4 Å². The van der Waals surface area contributed by atoms with E-state index in [0.29, 0.717) is 5.02 Å². The van der Waals surface area contributed by atoms with Crippen molar-refractivity contribution < 1.29 is 18.0 Å². The Bertz CT molecular complexity index is 1230. The summed E-state index contributed by atoms with van der Waals surface area (Å²) >= 11 is 12.0. The van der Waals surface area contributed by atoms with Crippen LogP contribution in [0.3, 0.4) is 0 Å². The number of halogens is 2. The van der Waals surface area contributed by atoms with Gasteiger partial charge in [-0.1, -0.05) is 70.7 Å². The minimum absolute atomic E-state index is 0.0152. The van der Waals surface area contributed by atoms with E-state index in [1.54, 1.807) is 36.4 Å². The molecule has 0 spiro atoms. The fourth-order valence-corrected chi connectivity index (χ4v) is 5.28. The van der Waals surface area contributed by atoms with Crippen molar-refractivity contribution >= 4 is 44.6 Å². The molecule has 0 radical (unpaired) electrons. The number of aryl methyl sites for hydroxylation is 2. The van der Waals surface area contributed by atoms with Gasteiger partial charge in [-0.25, -0.2) is 8.42 Å². The van der Waals surface area contributed by atoms with Gasteiger partial charge in [-0.05, 0) is 44.2 Å². The summed E-state index contributed by atoms with van der Waals surface area (Å²) in [5, 5.41) is -1.13. The van der Waals surface area contributed by atoms with E-state index in [1.165, 1.54) is 30.3 Å². The van der Waals surface area contributed by atoms with Gasteiger partial charge in [-0.15, -0.1) is 0 Å². The predicted molar refractivity (Wildman–Crippen MR) is 123 cm³/mol. The summed E-state index contributed by atoms with van der Waals surface area (Å²) in [7, 11) is -4.14. The number of carbonyl (C=O) groups is 2. The first kappa shape index (κ1) is 23.2. The van der Waals surface area contributed by atoms with Gasteiger partial charge in [0.05, 0.1) is 9.92 Å². The van der Waals surface area contributed by atoms with Crippen LogP contribution in [0, 0.1) is 13.8 Å². The van der Waals surface area contributed by atoms with E-state index < -0.39 is 33.1 Å². The van der Waals surface area contributed by atoms with Crippen LogP contribution >= 0.6 is 23.2 Å². The zero-order valence-electron chi connectivity index (χ0n) is 16.9. The largest absolute Gasteiger partial charge is 0.294 e. The van der Waals surface area contributed by atoms with Crippen LogP contribution in [0.1, 0.15) is 38.3 Å². The van der Waals surface area contributed by atoms with Gasteiger partial charge < -0.3 is 0 Å². The van der Waals surface area contributed by atoms with E-state index in [0.717, 1.165) is 11.1 Å². The van der Waals surface area contributed by atoms with Crippen molar-refractivity contribution in [2.24, 2.45) is 0 Å². The van der Waals surface area contributed by atoms with Crippen LogP contribution < -0.4 is 0 Å². The highest BCUT2D eigenvalue weighted by Crippen LogP contribution is 2.27. The Balaban J connectivity index is 2.05. The summed E-state index contributed by atoms with van der Waals surface area (Å²) in [5.74, 6) is -1.19. The third kappa shape index (κ3) is 5.24. The van der Waals surface area contributed by atoms with Crippen LogP contribution in [0.4, 0.5) is 0 Å². The standard InChI is InChI=1S/C24H20Cl2O4S/c1-15-3-7-17(8-4-15)24(28)23(31(29,30)19-10-5-16(2)6-11-19)14-22(27)20-12-9-18(25)13-21(20)26/h3-13,23H,14H2,1-2H3/t23-/m1/s1. The van der Waals surface area contributed by atoms with E-state index in [4.69, 9.17) is 23.2 Å². The van der Waals surface area contributed by atoms with Crippen molar-refractivity contribution in [1.29, 1.82) is 0 Å². The fourth-order valence-electron chi connectivity index (χ4n) is 3.13. The third-order valence-corrected chi connectivity index (χ3v) is 7.56. The van der Waals surface area contributed by atoms with Crippen molar-refractivity contribution in [3.05, 3.63) is 99.0 Å². The van der Waals surface area contributed by atoms with Crippen molar-refractivity contribution in [1.82, 2.24) is 0 Å². The number of rotatable bonds is 7.